The Morgan fingerprint density at radius 1 is 1.15 bits per heavy atom. The van der Waals surface area contributed by atoms with Crippen LogP contribution in [0.15, 0.2) is 24.3 Å². The van der Waals surface area contributed by atoms with Crippen molar-refractivity contribution in [3.05, 3.63) is 29.8 Å². The fraction of sp³-hybridized carbons (Fsp3) is 0.667. The maximum absolute atomic E-state index is 12.8. The molecule has 0 aromatic heterocycles. The molecular formula is C21H31N3O2. The molecule has 4 rings (SSSR count). The number of anilines is 1. The average molecular weight is 357 g/mol. The van der Waals surface area contributed by atoms with E-state index in [1.807, 2.05) is 0 Å². The first-order valence-electron chi connectivity index (χ1n) is 10.2. The molecule has 3 N–H and O–H groups in total. The van der Waals surface area contributed by atoms with Gasteiger partial charge >= 0.3 is 0 Å². The number of nitrogens with one attached hydrogen (secondary N) is 1. The zero-order valence-electron chi connectivity index (χ0n) is 15.5. The predicted octanol–water partition coefficient (Wildman–Crippen LogP) is 2.29. The molecule has 2 bridgehead atoms. The normalized spacial score (nSPS) is 31.5. The van der Waals surface area contributed by atoms with Crippen LogP contribution < -0.4 is 16.0 Å². The number of amides is 1. The molecular weight excluding hydrogens is 326 g/mol. The minimum atomic E-state index is 0.139. The van der Waals surface area contributed by atoms with Crippen molar-refractivity contribution in [3.8, 4) is 0 Å². The Kier molecular flexibility index (Phi) is 5.46. The van der Waals surface area contributed by atoms with Gasteiger partial charge in [0.25, 0.3) is 0 Å². The van der Waals surface area contributed by atoms with Crippen LogP contribution in [0, 0.1) is 17.8 Å². The summed E-state index contributed by atoms with van der Waals surface area (Å²) in [7, 11) is 0. The lowest BCUT2D eigenvalue weighted by Crippen LogP contribution is -2.49. The fourth-order valence-electron chi connectivity index (χ4n) is 5.10. The van der Waals surface area contributed by atoms with Gasteiger partial charge in [-0.05, 0) is 49.1 Å². The largest absolute Gasteiger partial charge is 0.378 e. The van der Waals surface area contributed by atoms with E-state index in [1.54, 1.807) is 0 Å². The van der Waals surface area contributed by atoms with Gasteiger partial charge in [-0.1, -0.05) is 24.6 Å². The van der Waals surface area contributed by atoms with Gasteiger partial charge in [0.05, 0.1) is 13.2 Å². The van der Waals surface area contributed by atoms with Crippen molar-refractivity contribution in [1.29, 1.82) is 0 Å². The summed E-state index contributed by atoms with van der Waals surface area (Å²) in [5.41, 5.74) is 8.78. The van der Waals surface area contributed by atoms with Crippen molar-refractivity contribution >= 4 is 11.6 Å². The summed E-state index contributed by atoms with van der Waals surface area (Å²) in [4.78, 5) is 15.2. The molecule has 2 unspecified atom stereocenters. The summed E-state index contributed by atoms with van der Waals surface area (Å²) in [6, 6.07) is 8.71. The van der Waals surface area contributed by atoms with Crippen LogP contribution in [0.5, 0.6) is 0 Å². The number of rotatable bonds is 4. The minimum absolute atomic E-state index is 0.139. The van der Waals surface area contributed by atoms with Gasteiger partial charge in [0.15, 0.2) is 0 Å². The molecule has 2 saturated carbocycles. The summed E-state index contributed by atoms with van der Waals surface area (Å²) >= 11 is 0. The molecule has 1 aliphatic heterocycles. The number of ether oxygens (including phenoxy) is 1. The van der Waals surface area contributed by atoms with Gasteiger partial charge in [0.2, 0.25) is 5.91 Å². The van der Waals surface area contributed by atoms with Crippen LogP contribution in [0.4, 0.5) is 5.69 Å². The molecule has 1 heterocycles. The van der Waals surface area contributed by atoms with E-state index in [2.05, 4.69) is 34.5 Å². The van der Waals surface area contributed by atoms with Crippen molar-refractivity contribution in [3.63, 3.8) is 0 Å². The van der Waals surface area contributed by atoms with Crippen LogP contribution in [0.3, 0.4) is 0 Å². The number of carbonyl (C=O) groups excluding carboxylic acids is 1. The lowest BCUT2D eigenvalue weighted by molar-refractivity contribution is -0.128. The van der Waals surface area contributed by atoms with Crippen LogP contribution in [0.25, 0.3) is 0 Å². The standard InChI is InChI=1S/C21H31N3O2/c22-20-15-5-3-6-16(20)13-18(12-15)21(25)23-14-17-4-1-2-7-19(17)24-8-10-26-11-9-24/h1-2,4,7,15-16,18,20H,3,5-6,8-14,22H2,(H,23,25). The number of nitrogens with zero attached hydrogens (tertiary/aromatic N) is 1. The highest BCUT2D eigenvalue weighted by Crippen LogP contribution is 2.41. The van der Waals surface area contributed by atoms with E-state index in [4.69, 9.17) is 10.5 Å². The molecule has 26 heavy (non-hydrogen) atoms. The second-order valence-electron chi connectivity index (χ2n) is 8.14. The Labute approximate surface area is 156 Å². The van der Waals surface area contributed by atoms with Crippen molar-refractivity contribution in [2.45, 2.75) is 44.7 Å². The molecule has 1 amide bonds. The lowest BCUT2D eigenvalue weighted by atomic mass is 9.65. The van der Waals surface area contributed by atoms with E-state index in [-0.39, 0.29) is 11.8 Å². The van der Waals surface area contributed by atoms with Crippen LogP contribution in [-0.4, -0.2) is 38.3 Å². The Balaban J connectivity index is 1.37. The molecule has 0 radical (unpaired) electrons. The molecule has 0 spiro atoms. The SMILES string of the molecule is NC1C2CCCC1CC(C(=O)NCc1ccccc1N1CCOCC1)C2. The predicted molar refractivity (Wildman–Crippen MR) is 103 cm³/mol. The lowest BCUT2D eigenvalue weighted by Gasteiger charge is -2.43. The van der Waals surface area contributed by atoms with Crippen LogP contribution in [0.1, 0.15) is 37.7 Å². The second-order valence-corrected chi connectivity index (χ2v) is 8.14. The topological polar surface area (TPSA) is 67.6 Å². The van der Waals surface area contributed by atoms with E-state index >= 15 is 0 Å². The quantitative estimate of drug-likeness (QED) is 0.868. The smallest absolute Gasteiger partial charge is 0.223 e. The Bertz CT molecular complexity index is 615. The summed E-state index contributed by atoms with van der Waals surface area (Å²) < 4.78 is 5.46. The third kappa shape index (κ3) is 3.74. The van der Waals surface area contributed by atoms with E-state index < -0.39 is 0 Å². The first-order chi connectivity index (χ1) is 12.7. The molecule has 3 aliphatic rings. The van der Waals surface area contributed by atoms with Gasteiger partial charge in [-0.25, -0.2) is 0 Å². The number of carbonyl (C=O) groups is 1. The Morgan fingerprint density at radius 2 is 1.85 bits per heavy atom. The summed E-state index contributed by atoms with van der Waals surface area (Å²) in [6.45, 7) is 3.96. The van der Waals surface area contributed by atoms with Crippen LogP contribution >= 0.6 is 0 Å². The zero-order chi connectivity index (χ0) is 17.9. The molecule has 2 atom stereocenters. The van der Waals surface area contributed by atoms with Crippen molar-refractivity contribution in [2.75, 3.05) is 31.2 Å². The highest BCUT2D eigenvalue weighted by atomic mass is 16.5. The maximum Gasteiger partial charge on any atom is 0.223 e. The molecule has 5 heteroatoms. The number of hydrogen-bond acceptors (Lipinski definition) is 4. The molecule has 1 saturated heterocycles. The molecule has 3 fully saturated rings. The van der Waals surface area contributed by atoms with Crippen LogP contribution in [-0.2, 0) is 16.1 Å². The Hall–Kier alpha value is -1.59. The van der Waals surface area contributed by atoms with Gasteiger partial charge in [-0.3, -0.25) is 4.79 Å². The number of nitrogens with two attached hydrogens (primary N) is 1. The van der Waals surface area contributed by atoms with Crippen molar-refractivity contribution in [2.24, 2.45) is 23.5 Å². The summed E-state index contributed by atoms with van der Waals surface area (Å²) in [5, 5.41) is 3.21. The van der Waals surface area contributed by atoms with E-state index in [1.165, 1.54) is 30.5 Å². The van der Waals surface area contributed by atoms with Gasteiger partial charge in [-0.2, -0.15) is 0 Å². The highest BCUT2D eigenvalue weighted by molar-refractivity contribution is 5.79. The Morgan fingerprint density at radius 3 is 2.58 bits per heavy atom. The average Bonchev–Trinajstić information content (AvgIpc) is 2.67. The third-order valence-electron chi connectivity index (χ3n) is 6.58. The van der Waals surface area contributed by atoms with Crippen molar-refractivity contribution in [1.82, 2.24) is 5.32 Å². The molecule has 1 aromatic carbocycles. The monoisotopic (exact) mass is 357 g/mol. The van der Waals surface area contributed by atoms with Crippen LogP contribution in [0.2, 0.25) is 0 Å². The second kappa shape index (κ2) is 7.97. The number of fused-ring (bicyclic) bond motifs is 2. The molecule has 2 aliphatic carbocycles. The van der Waals surface area contributed by atoms with E-state index in [0.717, 1.165) is 39.1 Å². The number of para-hydroxylation sites is 1. The number of morpholine rings is 1. The zero-order valence-corrected chi connectivity index (χ0v) is 15.5. The summed E-state index contributed by atoms with van der Waals surface area (Å²) in [6.07, 6.45) is 5.61. The van der Waals surface area contributed by atoms with Gasteiger partial charge in [-0.15, -0.1) is 0 Å². The highest BCUT2D eigenvalue weighted by Gasteiger charge is 2.40. The van der Waals surface area contributed by atoms with Gasteiger partial charge in [0.1, 0.15) is 0 Å². The number of hydrogen-bond donors (Lipinski definition) is 2. The maximum atomic E-state index is 12.8. The fourth-order valence-corrected chi connectivity index (χ4v) is 5.10. The molecule has 5 nitrogen and oxygen atoms in total. The van der Waals surface area contributed by atoms with Crippen molar-refractivity contribution < 1.29 is 9.53 Å². The van der Waals surface area contributed by atoms with Gasteiger partial charge in [0, 0.05) is 37.3 Å². The van der Waals surface area contributed by atoms with E-state index in [0.29, 0.717) is 24.4 Å². The number of benzene rings is 1. The summed E-state index contributed by atoms with van der Waals surface area (Å²) in [5.74, 6) is 1.43. The molecule has 142 valence electrons. The minimum Gasteiger partial charge on any atom is -0.378 e. The van der Waals surface area contributed by atoms with E-state index in [9.17, 15) is 4.79 Å². The third-order valence-corrected chi connectivity index (χ3v) is 6.58. The molecule has 1 aromatic rings. The first kappa shape index (κ1) is 17.8. The van der Waals surface area contributed by atoms with Gasteiger partial charge < -0.3 is 20.7 Å². The first-order valence-corrected chi connectivity index (χ1v) is 10.2.